The zero-order chi connectivity index (χ0) is 12.8. The van der Waals surface area contributed by atoms with Crippen LogP contribution >= 0.6 is 0 Å². The molecule has 88 valence electrons. The Morgan fingerprint density at radius 3 is 2.94 bits per heavy atom. The van der Waals surface area contributed by atoms with E-state index in [1.54, 1.807) is 18.3 Å². The Balaban J connectivity index is 2.12. The number of nitrogens with one attached hydrogen (secondary N) is 1. The van der Waals surface area contributed by atoms with E-state index >= 15 is 0 Å². The van der Waals surface area contributed by atoms with Crippen molar-refractivity contribution in [2.24, 2.45) is 5.10 Å². The average molecular weight is 240 g/mol. The molecule has 0 aliphatic carbocycles. The number of nitrogens with zero attached hydrogens (tertiary/aromatic N) is 3. The van der Waals surface area contributed by atoms with E-state index in [9.17, 15) is 4.39 Å². The molecule has 0 radical (unpaired) electrons. The highest BCUT2D eigenvalue weighted by Crippen LogP contribution is 2.08. The minimum absolute atomic E-state index is 0.248. The first kappa shape index (κ1) is 11.7. The molecular formula is C13H9FN4. The lowest BCUT2D eigenvalue weighted by Crippen LogP contribution is -1.95. The van der Waals surface area contributed by atoms with Gasteiger partial charge in [-0.05, 0) is 30.3 Å². The Bertz CT molecular complexity index is 602. The second-order valence-electron chi connectivity index (χ2n) is 3.43. The van der Waals surface area contributed by atoms with Crippen molar-refractivity contribution in [3.05, 3.63) is 59.5 Å². The molecule has 18 heavy (non-hydrogen) atoms. The molecule has 0 amide bonds. The number of pyridine rings is 1. The fourth-order valence-corrected chi connectivity index (χ4v) is 1.31. The zero-order valence-electron chi connectivity index (χ0n) is 9.34. The number of rotatable bonds is 3. The van der Waals surface area contributed by atoms with Crippen molar-refractivity contribution in [2.75, 3.05) is 5.43 Å². The van der Waals surface area contributed by atoms with Gasteiger partial charge in [-0.25, -0.2) is 9.37 Å². The minimum Gasteiger partial charge on any atom is -0.261 e. The Kier molecular flexibility index (Phi) is 3.62. The standard InChI is InChI=1S/C13H9FN4/c14-12-5-4-10(8-15)7-11(12)9-17-18-13-3-1-2-6-16-13/h1-7,9H,(H,16,18). The van der Waals surface area contributed by atoms with E-state index in [1.807, 2.05) is 12.1 Å². The van der Waals surface area contributed by atoms with Gasteiger partial charge in [0.15, 0.2) is 0 Å². The normalized spacial score (nSPS) is 10.2. The number of aromatic nitrogens is 1. The Labute approximate surface area is 103 Å². The highest BCUT2D eigenvalue weighted by atomic mass is 19.1. The number of halogens is 1. The lowest BCUT2D eigenvalue weighted by atomic mass is 10.1. The van der Waals surface area contributed by atoms with Crippen LogP contribution in [0.3, 0.4) is 0 Å². The number of hydrazone groups is 1. The Morgan fingerprint density at radius 1 is 1.33 bits per heavy atom. The van der Waals surface area contributed by atoms with Gasteiger partial charge in [-0.2, -0.15) is 10.4 Å². The van der Waals surface area contributed by atoms with E-state index < -0.39 is 5.82 Å². The molecule has 0 saturated heterocycles. The summed E-state index contributed by atoms with van der Waals surface area (Å²) in [5.74, 6) is 0.131. The molecule has 1 aromatic carbocycles. The van der Waals surface area contributed by atoms with Crippen LogP contribution in [0.15, 0.2) is 47.7 Å². The largest absolute Gasteiger partial charge is 0.261 e. The summed E-state index contributed by atoms with van der Waals surface area (Å²) in [5.41, 5.74) is 3.30. The van der Waals surface area contributed by atoms with Gasteiger partial charge in [-0.3, -0.25) is 5.43 Å². The Hall–Kier alpha value is -2.74. The number of hydrogen-bond acceptors (Lipinski definition) is 4. The van der Waals surface area contributed by atoms with Crippen LogP contribution in [0.25, 0.3) is 0 Å². The average Bonchev–Trinajstić information content (AvgIpc) is 2.42. The molecule has 0 unspecified atom stereocenters. The van der Waals surface area contributed by atoms with Crippen molar-refractivity contribution < 1.29 is 4.39 Å². The molecule has 1 aromatic heterocycles. The summed E-state index contributed by atoms with van der Waals surface area (Å²) in [6, 6.07) is 11.3. The third kappa shape index (κ3) is 2.89. The van der Waals surface area contributed by atoms with Gasteiger partial charge in [0.2, 0.25) is 0 Å². The molecule has 2 aromatic rings. The molecule has 2 rings (SSSR count). The SMILES string of the molecule is N#Cc1ccc(F)c(C=NNc2ccccn2)c1. The molecule has 0 fully saturated rings. The van der Waals surface area contributed by atoms with Gasteiger partial charge >= 0.3 is 0 Å². The quantitative estimate of drug-likeness (QED) is 0.662. The first-order valence-corrected chi connectivity index (χ1v) is 5.19. The maximum absolute atomic E-state index is 13.4. The van der Waals surface area contributed by atoms with E-state index in [4.69, 9.17) is 5.26 Å². The summed E-state index contributed by atoms with van der Waals surface area (Å²) in [4.78, 5) is 4.00. The van der Waals surface area contributed by atoms with E-state index in [0.717, 1.165) is 0 Å². The van der Waals surface area contributed by atoms with Crippen LogP contribution in [0.4, 0.5) is 10.2 Å². The fourth-order valence-electron chi connectivity index (χ4n) is 1.31. The third-order valence-electron chi connectivity index (χ3n) is 2.17. The first-order valence-electron chi connectivity index (χ1n) is 5.19. The van der Waals surface area contributed by atoms with Gasteiger partial charge in [0.05, 0.1) is 17.8 Å². The minimum atomic E-state index is -0.430. The number of nitriles is 1. The van der Waals surface area contributed by atoms with E-state index in [-0.39, 0.29) is 5.56 Å². The second-order valence-corrected chi connectivity index (χ2v) is 3.43. The molecule has 4 nitrogen and oxygen atoms in total. The van der Waals surface area contributed by atoms with Crippen molar-refractivity contribution >= 4 is 12.0 Å². The fraction of sp³-hybridized carbons (Fsp3) is 0. The molecule has 0 spiro atoms. The molecule has 0 saturated carbocycles. The number of hydrogen-bond donors (Lipinski definition) is 1. The third-order valence-corrected chi connectivity index (χ3v) is 2.17. The topological polar surface area (TPSA) is 61.1 Å². The van der Waals surface area contributed by atoms with Crippen LogP contribution in [0.2, 0.25) is 0 Å². The highest BCUT2D eigenvalue weighted by molar-refractivity contribution is 5.81. The zero-order valence-corrected chi connectivity index (χ0v) is 9.34. The number of anilines is 1. The molecule has 0 atom stereocenters. The van der Waals surface area contributed by atoms with E-state index in [2.05, 4.69) is 15.5 Å². The molecule has 0 bridgehead atoms. The second kappa shape index (κ2) is 5.55. The lowest BCUT2D eigenvalue weighted by Gasteiger charge is -1.99. The highest BCUT2D eigenvalue weighted by Gasteiger charge is 2.00. The van der Waals surface area contributed by atoms with Crippen molar-refractivity contribution in [1.29, 1.82) is 5.26 Å². The number of benzene rings is 1. The molecular weight excluding hydrogens is 231 g/mol. The van der Waals surface area contributed by atoms with Gasteiger partial charge in [0.1, 0.15) is 11.6 Å². The summed E-state index contributed by atoms with van der Waals surface area (Å²) < 4.78 is 13.4. The maximum atomic E-state index is 13.4. The summed E-state index contributed by atoms with van der Waals surface area (Å²) in [7, 11) is 0. The van der Waals surface area contributed by atoms with Gasteiger partial charge in [-0.1, -0.05) is 6.07 Å². The van der Waals surface area contributed by atoms with E-state index in [1.165, 1.54) is 24.4 Å². The van der Waals surface area contributed by atoms with Gasteiger partial charge < -0.3 is 0 Å². The van der Waals surface area contributed by atoms with Crippen molar-refractivity contribution in [3.8, 4) is 6.07 Å². The van der Waals surface area contributed by atoms with Crippen LogP contribution in [0, 0.1) is 17.1 Å². The predicted octanol–water partition coefficient (Wildman–Crippen LogP) is 2.54. The molecule has 0 aliphatic rings. The molecule has 1 N–H and O–H groups in total. The van der Waals surface area contributed by atoms with E-state index in [0.29, 0.717) is 11.4 Å². The monoisotopic (exact) mass is 240 g/mol. The van der Waals surface area contributed by atoms with Gasteiger partial charge in [0, 0.05) is 11.8 Å². The smallest absolute Gasteiger partial charge is 0.146 e. The van der Waals surface area contributed by atoms with Gasteiger partial charge in [0.25, 0.3) is 0 Å². The molecule has 5 heteroatoms. The van der Waals surface area contributed by atoms with Crippen LogP contribution in [0.5, 0.6) is 0 Å². The summed E-state index contributed by atoms with van der Waals surface area (Å²) in [6.07, 6.45) is 2.93. The summed E-state index contributed by atoms with van der Waals surface area (Å²) >= 11 is 0. The van der Waals surface area contributed by atoms with Crippen molar-refractivity contribution in [3.63, 3.8) is 0 Å². The van der Waals surface area contributed by atoms with Crippen LogP contribution in [-0.2, 0) is 0 Å². The molecule has 1 heterocycles. The molecule has 0 aliphatic heterocycles. The van der Waals surface area contributed by atoms with Gasteiger partial charge in [-0.15, -0.1) is 0 Å². The van der Waals surface area contributed by atoms with Crippen LogP contribution in [-0.4, -0.2) is 11.2 Å². The van der Waals surface area contributed by atoms with Crippen LogP contribution in [0.1, 0.15) is 11.1 Å². The Morgan fingerprint density at radius 2 is 2.22 bits per heavy atom. The van der Waals surface area contributed by atoms with Crippen molar-refractivity contribution in [1.82, 2.24) is 4.98 Å². The summed E-state index contributed by atoms with van der Waals surface area (Å²) in [6.45, 7) is 0. The first-order chi connectivity index (χ1) is 8.79. The predicted molar refractivity (Wildman–Crippen MR) is 66.6 cm³/mol. The lowest BCUT2D eigenvalue weighted by molar-refractivity contribution is 0.626. The van der Waals surface area contributed by atoms with Crippen LogP contribution < -0.4 is 5.43 Å². The van der Waals surface area contributed by atoms with Crippen molar-refractivity contribution in [2.45, 2.75) is 0 Å². The summed E-state index contributed by atoms with van der Waals surface area (Å²) in [5, 5.41) is 12.6. The maximum Gasteiger partial charge on any atom is 0.146 e.